The third-order valence-corrected chi connectivity index (χ3v) is 5.51. The van der Waals surface area contributed by atoms with E-state index in [2.05, 4.69) is 24.0 Å². The number of para-hydroxylation sites is 1. The number of hydrogen-bond acceptors (Lipinski definition) is 4. The molecule has 2 aliphatic heterocycles. The molecule has 0 bridgehead atoms. The number of carboxylic acid groups (broad SMARTS) is 1. The molecule has 2 aliphatic rings. The minimum Gasteiger partial charge on any atom is -0.492 e. The molecule has 1 aromatic heterocycles. The summed E-state index contributed by atoms with van der Waals surface area (Å²) in [5.41, 5.74) is 0.968. The SMILES string of the molecule is CC(C)Cc1cc(C(=O)N2C[C@@H]3c4ccccc4OC[C@]3(C(=O)O)C2)n[nH]1. The van der Waals surface area contributed by atoms with Crippen LogP contribution in [0.15, 0.2) is 30.3 Å². The minimum atomic E-state index is -1.12. The summed E-state index contributed by atoms with van der Waals surface area (Å²) in [4.78, 5) is 26.7. The molecule has 0 saturated carbocycles. The number of aromatic amines is 1. The van der Waals surface area contributed by atoms with Crippen molar-refractivity contribution >= 4 is 11.9 Å². The van der Waals surface area contributed by atoms with Crippen LogP contribution in [0.3, 0.4) is 0 Å². The Morgan fingerprint density at radius 2 is 2.19 bits per heavy atom. The molecule has 0 aliphatic carbocycles. The van der Waals surface area contributed by atoms with E-state index < -0.39 is 11.4 Å². The van der Waals surface area contributed by atoms with Crippen LogP contribution in [0.5, 0.6) is 5.75 Å². The minimum absolute atomic E-state index is 0.0625. The number of aliphatic carboxylic acids is 1. The molecule has 27 heavy (non-hydrogen) atoms. The van der Waals surface area contributed by atoms with Crippen LogP contribution in [-0.2, 0) is 11.2 Å². The normalized spacial score (nSPS) is 23.7. The highest BCUT2D eigenvalue weighted by Crippen LogP contribution is 2.49. The molecule has 1 fully saturated rings. The first-order valence-corrected chi connectivity index (χ1v) is 9.19. The third-order valence-electron chi connectivity index (χ3n) is 5.51. The van der Waals surface area contributed by atoms with Crippen molar-refractivity contribution in [1.29, 1.82) is 0 Å². The number of ether oxygens (including phenoxy) is 1. The summed E-state index contributed by atoms with van der Waals surface area (Å²) in [6.45, 7) is 4.72. The van der Waals surface area contributed by atoms with Crippen molar-refractivity contribution in [3.63, 3.8) is 0 Å². The van der Waals surface area contributed by atoms with Crippen LogP contribution in [0.4, 0.5) is 0 Å². The van der Waals surface area contributed by atoms with Gasteiger partial charge >= 0.3 is 5.97 Å². The molecule has 2 atom stereocenters. The highest BCUT2D eigenvalue weighted by molar-refractivity contribution is 5.93. The maximum atomic E-state index is 13.0. The lowest BCUT2D eigenvalue weighted by Gasteiger charge is -2.35. The molecule has 0 radical (unpaired) electrons. The van der Waals surface area contributed by atoms with Gasteiger partial charge in [0.15, 0.2) is 0 Å². The Balaban J connectivity index is 1.62. The van der Waals surface area contributed by atoms with Crippen LogP contribution in [0, 0.1) is 11.3 Å². The number of nitrogens with one attached hydrogen (secondary N) is 1. The number of carbonyl (C=O) groups is 2. The van der Waals surface area contributed by atoms with Gasteiger partial charge in [0.25, 0.3) is 5.91 Å². The zero-order valence-corrected chi connectivity index (χ0v) is 15.4. The number of nitrogens with zero attached hydrogens (tertiary/aromatic N) is 2. The molecule has 0 spiro atoms. The molecule has 2 aromatic rings. The first-order chi connectivity index (χ1) is 12.9. The number of hydrogen-bond donors (Lipinski definition) is 2. The molecular formula is C20H23N3O4. The summed E-state index contributed by atoms with van der Waals surface area (Å²) in [6.07, 6.45) is 0.809. The second-order valence-electron chi connectivity index (χ2n) is 7.90. The van der Waals surface area contributed by atoms with Crippen LogP contribution in [0.25, 0.3) is 0 Å². The van der Waals surface area contributed by atoms with Crippen molar-refractivity contribution in [1.82, 2.24) is 15.1 Å². The van der Waals surface area contributed by atoms with Crippen LogP contribution in [0.2, 0.25) is 0 Å². The monoisotopic (exact) mass is 369 g/mol. The van der Waals surface area contributed by atoms with E-state index in [4.69, 9.17) is 4.74 Å². The number of carbonyl (C=O) groups excluding carboxylic acids is 1. The number of benzene rings is 1. The van der Waals surface area contributed by atoms with E-state index in [1.165, 1.54) is 0 Å². The molecule has 7 nitrogen and oxygen atoms in total. The maximum absolute atomic E-state index is 13.0. The van der Waals surface area contributed by atoms with E-state index in [1.807, 2.05) is 24.3 Å². The Morgan fingerprint density at radius 3 is 2.93 bits per heavy atom. The lowest BCUT2D eigenvalue weighted by Crippen LogP contribution is -2.46. The number of H-pyrrole nitrogens is 1. The molecule has 2 N–H and O–H groups in total. The number of rotatable bonds is 4. The topological polar surface area (TPSA) is 95.5 Å². The van der Waals surface area contributed by atoms with Gasteiger partial charge in [-0.05, 0) is 24.5 Å². The standard InChI is InChI=1S/C20H23N3O4/c1-12(2)7-13-8-16(22-21-13)18(24)23-9-15-14-5-3-4-6-17(14)27-11-20(15,10-23)19(25)26/h3-6,8,12,15H,7,9-11H2,1-2H3,(H,21,22)(H,25,26)/t15-,20-/m1/s1. The maximum Gasteiger partial charge on any atom is 0.315 e. The van der Waals surface area contributed by atoms with Gasteiger partial charge in [0, 0.05) is 30.3 Å². The summed E-state index contributed by atoms with van der Waals surface area (Å²) in [7, 11) is 0. The quantitative estimate of drug-likeness (QED) is 0.862. The van der Waals surface area contributed by atoms with Crippen molar-refractivity contribution in [2.75, 3.05) is 19.7 Å². The second-order valence-corrected chi connectivity index (χ2v) is 7.90. The van der Waals surface area contributed by atoms with Gasteiger partial charge < -0.3 is 14.7 Å². The van der Waals surface area contributed by atoms with Gasteiger partial charge in [0.2, 0.25) is 0 Å². The fourth-order valence-corrected chi connectivity index (χ4v) is 4.17. The number of fused-ring (bicyclic) bond motifs is 3. The molecule has 1 aromatic carbocycles. The average molecular weight is 369 g/mol. The smallest absolute Gasteiger partial charge is 0.315 e. The van der Waals surface area contributed by atoms with Crippen LogP contribution in [0.1, 0.15) is 41.5 Å². The van der Waals surface area contributed by atoms with E-state index in [-0.39, 0.29) is 25.0 Å². The Kier molecular flexibility index (Phi) is 4.17. The van der Waals surface area contributed by atoms with Crippen molar-refractivity contribution in [2.24, 2.45) is 11.3 Å². The molecule has 0 unspecified atom stereocenters. The highest BCUT2D eigenvalue weighted by Gasteiger charge is 2.57. The van der Waals surface area contributed by atoms with Gasteiger partial charge in [-0.25, -0.2) is 0 Å². The predicted molar refractivity (Wildman–Crippen MR) is 97.8 cm³/mol. The van der Waals surface area contributed by atoms with E-state index in [0.717, 1.165) is 17.7 Å². The molecule has 1 saturated heterocycles. The summed E-state index contributed by atoms with van der Waals surface area (Å²) in [6, 6.07) is 9.24. The van der Waals surface area contributed by atoms with Gasteiger partial charge in [-0.3, -0.25) is 14.7 Å². The number of carboxylic acids is 1. The number of likely N-dealkylation sites (tertiary alicyclic amines) is 1. The van der Waals surface area contributed by atoms with E-state index >= 15 is 0 Å². The molecule has 4 rings (SSSR count). The van der Waals surface area contributed by atoms with Crippen molar-refractivity contribution in [3.8, 4) is 5.75 Å². The van der Waals surface area contributed by atoms with Gasteiger partial charge in [0.05, 0.1) is 0 Å². The molecule has 1 amide bonds. The van der Waals surface area contributed by atoms with Gasteiger partial charge in [-0.15, -0.1) is 0 Å². The van der Waals surface area contributed by atoms with E-state index in [9.17, 15) is 14.7 Å². The first kappa shape index (κ1) is 17.6. The number of amides is 1. The van der Waals surface area contributed by atoms with Crippen molar-refractivity contribution in [2.45, 2.75) is 26.2 Å². The van der Waals surface area contributed by atoms with E-state index in [1.54, 1.807) is 11.0 Å². The zero-order chi connectivity index (χ0) is 19.2. The summed E-state index contributed by atoms with van der Waals surface area (Å²) in [5.74, 6) is -0.314. The predicted octanol–water partition coefficient (Wildman–Crippen LogP) is 2.31. The fourth-order valence-electron chi connectivity index (χ4n) is 4.17. The summed E-state index contributed by atoms with van der Waals surface area (Å²) in [5, 5.41) is 17.0. The van der Waals surface area contributed by atoms with Gasteiger partial charge in [-0.2, -0.15) is 5.10 Å². The Morgan fingerprint density at radius 1 is 1.41 bits per heavy atom. The largest absolute Gasteiger partial charge is 0.492 e. The summed E-state index contributed by atoms with van der Waals surface area (Å²) >= 11 is 0. The Hall–Kier alpha value is -2.83. The van der Waals surface area contributed by atoms with E-state index in [0.29, 0.717) is 23.9 Å². The van der Waals surface area contributed by atoms with Crippen LogP contribution >= 0.6 is 0 Å². The average Bonchev–Trinajstić information content (AvgIpc) is 3.26. The van der Waals surface area contributed by atoms with Gasteiger partial charge in [0.1, 0.15) is 23.5 Å². The third kappa shape index (κ3) is 2.87. The second kappa shape index (κ2) is 6.40. The highest BCUT2D eigenvalue weighted by atomic mass is 16.5. The molecule has 142 valence electrons. The van der Waals surface area contributed by atoms with Gasteiger partial charge in [-0.1, -0.05) is 32.0 Å². The zero-order valence-electron chi connectivity index (χ0n) is 15.4. The molecule has 3 heterocycles. The Bertz CT molecular complexity index is 891. The first-order valence-electron chi connectivity index (χ1n) is 9.19. The lowest BCUT2D eigenvalue weighted by molar-refractivity contribution is -0.151. The van der Waals surface area contributed by atoms with Crippen molar-refractivity contribution < 1.29 is 19.4 Å². The lowest BCUT2D eigenvalue weighted by atomic mass is 9.73. The van der Waals surface area contributed by atoms with Crippen LogP contribution < -0.4 is 4.74 Å². The summed E-state index contributed by atoms with van der Waals surface area (Å²) < 4.78 is 5.74. The Labute approximate surface area is 157 Å². The molecule has 7 heteroatoms. The fraction of sp³-hybridized carbons (Fsp3) is 0.450. The molecular weight excluding hydrogens is 346 g/mol. The van der Waals surface area contributed by atoms with Crippen molar-refractivity contribution in [3.05, 3.63) is 47.3 Å². The van der Waals surface area contributed by atoms with Crippen LogP contribution in [-0.4, -0.2) is 51.8 Å². The number of aromatic nitrogens is 2.